The largest absolute Gasteiger partial charge is 0.416 e. The minimum absolute atomic E-state index is 0.0793. The van der Waals surface area contributed by atoms with E-state index in [1.807, 2.05) is 42.0 Å². The van der Waals surface area contributed by atoms with Crippen LogP contribution in [-0.2, 0) is 6.18 Å². The van der Waals surface area contributed by atoms with E-state index in [0.717, 1.165) is 29.2 Å². The summed E-state index contributed by atoms with van der Waals surface area (Å²) in [6.07, 6.45) is -0.787. The molecule has 3 N–H and O–H groups in total. The Labute approximate surface area is 165 Å². The van der Waals surface area contributed by atoms with Gasteiger partial charge in [-0.3, -0.25) is 0 Å². The van der Waals surface area contributed by atoms with Crippen molar-refractivity contribution in [3.05, 3.63) is 72.3 Å². The molecule has 1 aromatic heterocycles. The van der Waals surface area contributed by atoms with Crippen LogP contribution in [0.4, 0.5) is 29.3 Å². The van der Waals surface area contributed by atoms with Gasteiger partial charge in [0.05, 0.1) is 17.6 Å². The predicted octanol–water partition coefficient (Wildman–Crippen LogP) is 4.43. The zero-order valence-corrected chi connectivity index (χ0v) is 15.6. The number of nitrogens with one attached hydrogen (secondary N) is 3. The Morgan fingerprint density at radius 2 is 1.83 bits per heavy atom. The minimum atomic E-state index is -4.45. The number of alkyl halides is 3. The number of carbonyl (C=O) groups excluding carboxylic acids is 1. The molecule has 3 rings (SSSR count). The molecule has 1 heterocycles. The van der Waals surface area contributed by atoms with Crippen LogP contribution in [0, 0.1) is 6.92 Å². The number of imidazole rings is 1. The summed E-state index contributed by atoms with van der Waals surface area (Å²) >= 11 is 0. The van der Waals surface area contributed by atoms with Crippen molar-refractivity contribution in [2.75, 3.05) is 23.7 Å². The molecule has 152 valence electrons. The average molecular weight is 403 g/mol. The molecular weight excluding hydrogens is 383 g/mol. The number of amides is 2. The van der Waals surface area contributed by atoms with Crippen LogP contribution in [0.3, 0.4) is 0 Å². The van der Waals surface area contributed by atoms with E-state index in [-0.39, 0.29) is 5.69 Å². The van der Waals surface area contributed by atoms with Crippen LogP contribution in [0.25, 0.3) is 5.69 Å². The Bertz CT molecular complexity index is 967. The zero-order chi connectivity index (χ0) is 20.9. The first-order chi connectivity index (χ1) is 13.8. The van der Waals surface area contributed by atoms with Gasteiger partial charge in [-0.15, -0.1) is 0 Å². The average Bonchev–Trinajstić information content (AvgIpc) is 3.12. The Hall–Kier alpha value is -3.49. The zero-order valence-electron chi connectivity index (χ0n) is 15.6. The van der Waals surface area contributed by atoms with Crippen LogP contribution in [0.2, 0.25) is 0 Å². The van der Waals surface area contributed by atoms with Crippen molar-refractivity contribution in [2.24, 2.45) is 0 Å². The molecule has 0 atom stereocenters. The smallest absolute Gasteiger partial charge is 0.383 e. The number of benzene rings is 2. The van der Waals surface area contributed by atoms with Gasteiger partial charge >= 0.3 is 12.2 Å². The minimum Gasteiger partial charge on any atom is -0.383 e. The van der Waals surface area contributed by atoms with Crippen LogP contribution in [-0.4, -0.2) is 28.7 Å². The molecule has 0 spiro atoms. The number of hydrogen-bond donors (Lipinski definition) is 3. The van der Waals surface area contributed by atoms with Gasteiger partial charge in [-0.2, -0.15) is 13.2 Å². The highest BCUT2D eigenvalue weighted by Crippen LogP contribution is 2.30. The van der Waals surface area contributed by atoms with Crippen LogP contribution in [0.1, 0.15) is 11.3 Å². The number of anilines is 2. The summed E-state index contributed by atoms with van der Waals surface area (Å²) < 4.78 is 40.0. The molecule has 0 fully saturated rings. The first-order valence-corrected chi connectivity index (χ1v) is 8.88. The highest BCUT2D eigenvalue weighted by atomic mass is 19.4. The fraction of sp³-hybridized carbons (Fsp3) is 0.200. The molecule has 0 radical (unpaired) electrons. The molecule has 29 heavy (non-hydrogen) atoms. The summed E-state index contributed by atoms with van der Waals surface area (Å²) in [6.45, 7) is 2.68. The van der Waals surface area contributed by atoms with Crippen LogP contribution in [0.5, 0.6) is 0 Å². The summed E-state index contributed by atoms with van der Waals surface area (Å²) in [5.74, 6) is 0. The maximum absolute atomic E-state index is 12.7. The number of halogens is 3. The predicted molar refractivity (Wildman–Crippen MR) is 105 cm³/mol. The number of rotatable bonds is 6. The van der Waals surface area contributed by atoms with Gasteiger partial charge in [-0.25, -0.2) is 9.78 Å². The van der Waals surface area contributed by atoms with E-state index in [4.69, 9.17) is 0 Å². The second kappa shape index (κ2) is 8.68. The van der Waals surface area contributed by atoms with Gasteiger partial charge in [0.1, 0.15) is 0 Å². The maximum atomic E-state index is 12.7. The molecule has 2 amide bonds. The maximum Gasteiger partial charge on any atom is 0.416 e. The lowest BCUT2D eigenvalue weighted by molar-refractivity contribution is -0.137. The standard InChI is InChI=1S/C20H20F3N5O/c1-14-12-28(13-26-14)18-7-5-16(6-8-18)24-9-10-25-19(29)27-17-4-2-3-15(11-17)20(21,22)23/h2-8,11-13,24H,9-10H2,1H3,(H2,25,27,29). The molecule has 6 nitrogen and oxygen atoms in total. The second-order valence-electron chi connectivity index (χ2n) is 6.36. The monoisotopic (exact) mass is 403 g/mol. The fourth-order valence-electron chi connectivity index (χ4n) is 2.65. The summed E-state index contributed by atoms with van der Waals surface area (Å²) in [4.78, 5) is 16.0. The summed E-state index contributed by atoms with van der Waals surface area (Å²) in [7, 11) is 0. The lowest BCUT2D eigenvalue weighted by atomic mass is 10.2. The molecule has 2 aromatic carbocycles. The van der Waals surface area contributed by atoms with Crippen molar-refractivity contribution >= 4 is 17.4 Å². The SMILES string of the molecule is Cc1cn(-c2ccc(NCCNC(=O)Nc3cccc(C(F)(F)F)c3)cc2)cn1. The van der Waals surface area contributed by atoms with Gasteiger partial charge < -0.3 is 20.5 Å². The van der Waals surface area contributed by atoms with Crippen molar-refractivity contribution in [3.63, 3.8) is 0 Å². The lowest BCUT2D eigenvalue weighted by Gasteiger charge is -2.11. The van der Waals surface area contributed by atoms with Crippen molar-refractivity contribution in [1.29, 1.82) is 0 Å². The first kappa shape index (κ1) is 20.2. The van der Waals surface area contributed by atoms with Crippen LogP contribution in [0.15, 0.2) is 61.1 Å². The van der Waals surface area contributed by atoms with Gasteiger partial charge in [0.2, 0.25) is 0 Å². The van der Waals surface area contributed by atoms with E-state index >= 15 is 0 Å². The number of aromatic nitrogens is 2. The van der Waals surface area contributed by atoms with E-state index in [9.17, 15) is 18.0 Å². The van der Waals surface area contributed by atoms with Crippen molar-refractivity contribution in [3.8, 4) is 5.69 Å². The second-order valence-corrected chi connectivity index (χ2v) is 6.36. The van der Waals surface area contributed by atoms with Crippen molar-refractivity contribution in [2.45, 2.75) is 13.1 Å². The van der Waals surface area contributed by atoms with E-state index in [1.54, 1.807) is 6.33 Å². The van der Waals surface area contributed by atoms with E-state index in [2.05, 4.69) is 20.9 Å². The molecule has 0 saturated heterocycles. The van der Waals surface area contributed by atoms with Gasteiger partial charge in [0.15, 0.2) is 0 Å². The number of carbonyl (C=O) groups is 1. The van der Waals surface area contributed by atoms with E-state index in [1.165, 1.54) is 12.1 Å². The van der Waals surface area contributed by atoms with Gasteiger partial charge in [0.25, 0.3) is 0 Å². The van der Waals surface area contributed by atoms with Gasteiger partial charge in [0, 0.05) is 36.3 Å². The normalized spacial score (nSPS) is 11.2. The molecule has 3 aromatic rings. The number of hydrogen-bond acceptors (Lipinski definition) is 3. The third-order valence-electron chi connectivity index (χ3n) is 4.06. The van der Waals surface area contributed by atoms with E-state index < -0.39 is 17.8 Å². The third kappa shape index (κ3) is 5.74. The van der Waals surface area contributed by atoms with Crippen LogP contribution >= 0.6 is 0 Å². The number of urea groups is 1. The molecule has 0 saturated carbocycles. The molecule has 0 aliphatic rings. The number of nitrogens with zero attached hydrogens (tertiary/aromatic N) is 2. The third-order valence-corrected chi connectivity index (χ3v) is 4.06. The highest BCUT2D eigenvalue weighted by molar-refractivity contribution is 5.89. The fourth-order valence-corrected chi connectivity index (χ4v) is 2.65. The summed E-state index contributed by atoms with van der Waals surface area (Å²) in [5.41, 5.74) is 2.06. The van der Waals surface area contributed by atoms with Crippen LogP contribution < -0.4 is 16.0 Å². The Balaban J connectivity index is 1.43. The Morgan fingerprint density at radius 3 is 2.48 bits per heavy atom. The highest BCUT2D eigenvalue weighted by Gasteiger charge is 2.30. The molecular formula is C20H20F3N5O. The quantitative estimate of drug-likeness (QED) is 0.533. The van der Waals surface area contributed by atoms with Gasteiger partial charge in [-0.05, 0) is 49.4 Å². The lowest BCUT2D eigenvalue weighted by Crippen LogP contribution is -2.32. The van der Waals surface area contributed by atoms with E-state index in [0.29, 0.717) is 13.1 Å². The number of aryl methyl sites for hydroxylation is 1. The first-order valence-electron chi connectivity index (χ1n) is 8.88. The summed E-state index contributed by atoms with van der Waals surface area (Å²) in [5, 5.41) is 8.15. The van der Waals surface area contributed by atoms with Gasteiger partial charge in [-0.1, -0.05) is 6.07 Å². The molecule has 0 aliphatic carbocycles. The molecule has 0 bridgehead atoms. The Morgan fingerprint density at radius 1 is 1.07 bits per heavy atom. The summed E-state index contributed by atoms with van der Waals surface area (Å²) in [6, 6.07) is 11.6. The van der Waals surface area contributed by atoms with Crippen molar-refractivity contribution < 1.29 is 18.0 Å². The molecule has 9 heteroatoms. The Kier molecular flexibility index (Phi) is 6.06. The van der Waals surface area contributed by atoms with Crippen molar-refractivity contribution in [1.82, 2.24) is 14.9 Å². The molecule has 0 unspecified atom stereocenters. The molecule has 0 aliphatic heterocycles. The topological polar surface area (TPSA) is 71.0 Å².